The summed E-state index contributed by atoms with van der Waals surface area (Å²) >= 11 is 6.48. The van der Waals surface area contributed by atoms with Gasteiger partial charge in [-0.25, -0.2) is 9.78 Å². The van der Waals surface area contributed by atoms with Crippen molar-refractivity contribution in [3.8, 4) is 11.8 Å². The van der Waals surface area contributed by atoms with Gasteiger partial charge in [-0.3, -0.25) is 9.36 Å². The predicted molar refractivity (Wildman–Crippen MR) is 116 cm³/mol. The first-order chi connectivity index (χ1) is 14.8. The number of carboxylic acids is 1. The van der Waals surface area contributed by atoms with Crippen LogP contribution in [0.2, 0.25) is 5.02 Å². The molecule has 3 aromatic rings. The molecule has 0 spiro atoms. The number of methoxy groups -OCH3 is 1. The second-order valence-corrected chi connectivity index (χ2v) is 7.14. The first-order valence-electron chi connectivity index (χ1n) is 9.15. The fourth-order valence-corrected chi connectivity index (χ4v) is 3.66. The topological polar surface area (TPSA) is 108 Å². The third kappa shape index (κ3) is 4.09. The zero-order valence-corrected chi connectivity index (χ0v) is 17.8. The third-order valence-corrected chi connectivity index (χ3v) is 5.21. The van der Waals surface area contributed by atoms with Crippen LogP contribution in [-0.2, 0) is 7.05 Å². The van der Waals surface area contributed by atoms with E-state index in [9.17, 15) is 20.0 Å². The molecule has 0 aliphatic carbocycles. The highest BCUT2D eigenvalue weighted by atomic mass is 35.5. The molecule has 0 saturated carbocycles. The van der Waals surface area contributed by atoms with Crippen molar-refractivity contribution in [3.05, 3.63) is 86.3 Å². The lowest BCUT2D eigenvalue weighted by molar-refractivity contribution is 0.0685. The van der Waals surface area contributed by atoms with Crippen LogP contribution in [0.3, 0.4) is 0 Å². The number of nitriles is 1. The molecule has 1 unspecified atom stereocenters. The summed E-state index contributed by atoms with van der Waals surface area (Å²) in [6.45, 7) is 0. The Hall–Kier alpha value is -3.83. The number of benzene rings is 2. The molecule has 1 N–H and O–H groups in total. The lowest BCUT2D eigenvalue weighted by Gasteiger charge is -2.32. The zero-order valence-electron chi connectivity index (χ0n) is 17.0. The molecule has 1 heterocycles. The Kier molecular flexibility index (Phi) is 6.28. The minimum Gasteiger partial charge on any atom is -0.489 e. The number of aromatic carboxylic acids is 1. The molecule has 0 saturated heterocycles. The molecule has 2 aromatic carbocycles. The number of ether oxygens (including phenoxy) is 1. The van der Waals surface area contributed by atoms with E-state index >= 15 is 0 Å². The molecule has 0 fully saturated rings. The standard InChI is InChI=1S/C22H19ClN4O4/c1-26(22-25-17(21(29)30)19(31-3)20(28)27(22)2)18(15-9-4-5-10-16(15)23)14-8-6-7-13(11-14)12-24/h4-11,18H,1-3H3,(H,29,30). The summed E-state index contributed by atoms with van der Waals surface area (Å²) in [5.74, 6) is -1.65. The van der Waals surface area contributed by atoms with Crippen LogP contribution in [-0.4, -0.2) is 34.8 Å². The maximum Gasteiger partial charge on any atom is 0.358 e. The molecule has 31 heavy (non-hydrogen) atoms. The number of carboxylic acid groups (broad SMARTS) is 1. The van der Waals surface area contributed by atoms with Gasteiger partial charge < -0.3 is 14.7 Å². The monoisotopic (exact) mass is 438 g/mol. The lowest BCUT2D eigenvalue weighted by atomic mass is 9.96. The summed E-state index contributed by atoms with van der Waals surface area (Å²) in [5, 5.41) is 19.3. The Balaban J connectivity index is 2.28. The van der Waals surface area contributed by atoms with Gasteiger partial charge in [0.1, 0.15) is 0 Å². The number of aromatic nitrogens is 2. The summed E-state index contributed by atoms with van der Waals surface area (Å²) in [4.78, 5) is 30.3. The van der Waals surface area contributed by atoms with Crippen LogP contribution in [0.15, 0.2) is 53.3 Å². The first-order valence-corrected chi connectivity index (χ1v) is 9.53. The van der Waals surface area contributed by atoms with Gasteiger partial charge in [0.2, 0.25) is 11.7 Å². The smallest absolute Gasteiger partial charge is 0.358 e. The SMILES string of the molecule is COc1c(C(=O)O)nc(N(C)C(c2cccc(C#N)c2)c2ccccc2Cl)n(C)c1=O. The molecule has 0 aliphatic rings. The number of carbonyl (C=O) groups is 1. The van der Waals surface area contributed by atoms with Crippen LogP contribution in [0, 0.1) is 11.3 Å². The van der Waals surface area contributed by atoms with Crippen molar-refractivity contribution in [2.24, 2.45) is 7.05 Å². The number of anilines is 1. The number of hydrogen-bond acceptors (Lipinski definition) is 6. The van der Waals surface area contributed by atoms with E-state index in [1.807, 2.05) is 18.2 Å². The Morgan fingerprint density at radius 3 is 2.61 bits per heavy atom. The molecule has 158 valence electrons. The maximum atomic E-state index is 12.8. The highest BCUT2D eigenvalue weighted by Crippen LogP contribution is 2.35. The van der Waals surface area contributed by atoms with E-state index in [2.05, 4.69) is 11.1 Å². The predicted octanol–water partition coefficient (Wildman–Crippen LogP) is 3.24. The normalized spacial score (nSPS) is 11.5. The number of halogens is 1. The molecular formula is C22H19ClN4O4. The fourth-order valence-electron chi connectivity index (χ4n) is 3.42. The molecule has 0 radical (unpaired) electrons. The molecule has 1 atom stereocenters. The Bertz CT molecular complexity index is 1250. The third-order valence-electron chi connectivity index (χ3n) is 4.87. The van der Waals surface area contributed by atoms with Crippen molar-refractivity contribution < 1.29 is 14.6 Å². The minimum absolute atomic E-state index is 0.0930. The molecule has 0 aliphatic heterocycles. The molecule has 1 aromatic heterocycles. The van der Waals surface area contributed by atoms with Gasteiger partial charge in [-0.05, 0) is 29.3 Å². The summed E-state index contributed by atoms with van der Waals surface area (Å²) in [7, 11) is 4.37. The van der Waals surface area contributed by atoms with E-state index < -0.39 is 23.3 Å². The number of nitrogens with zero attached hydrogens (tertiary/aromatic N) is 4. The fraction of sp³-hybridized carbons (Fsp3) is 0.182. The van der Waals surface area contributed by atoms with E-state index in [0.717, 1.165) is 5.56 Å². The van der Waals surface area contributed by atoms with Crippen molar-refractivity contribution in [1.29, 1.82) is 5.26 Å². The summed E-state index contributed by atoms with van der Waals surface area (Å²) in [5.41, 5.74) is 0.739. The highest BCUT2D eigenvalue weighted by Gasteiger charge is 2.28. The summed E-state index contributed by atoms with van der Waals surface area (Å²) < 4.78 is 6.19. The van der Waals surface area contributed by atoms with Crippen LogP contribution >= 0.6 is 11.6 Å². The Labute approximate surface area is 183 Å². The highest BCUT2D eigenvalue weighted by molar-refractivity contribution is 6.31. The van der Waals surface area contributed by atoms with E-state index in [1.54, 1.807) is 42.3 Å². The second kappa shape index (κ2) is 8.90. The molecule has 0 bridgehead atoms. The van der Waals surface area contributed by atoms with E-state index in [1.165, 1.54) is 18.7 Å². The van der Waals surface area contributed by atoms with Crippen molar-refractivity contribution >= 4 is 23.5 Å². The Morgan fingerprint density at radius 2 is 2.00 bits per heavy atom. The molecule has 0 amide bonds. The average Bonchev–Trinajstić information content (AvgIpc) is 2.76. The van der Waals surface area contributed by atoms with E-state index in [-0.39, 0.29) is 11.7 Å². The van der Waals surface area contributed by atoms with Crippen LogP contribution in [0.1, 0.15) is 33.2 Å². The quantitative estimate of drug-likeness (QED) is 0.629. The molecular weight excluding hydrogens is 420 g/mol. The maximum absolute atomic E-state index is 12.8. The van der Waals surface area contributed by atoms with Crippen LogP contribution < -0.4 is 15.2 Å². The zero-order chi connectivity index (χ0) is 22.7. The lowest BCUT2D eigenvalue weighted by Crippen LogP contribution is -2.34. The summed E-state index contributed by atoms with van der Waals surface area (Å²) in [6, 6.07) is 15.7. The van der Waals surface area contributed by atoms with Crippen molar-refractivity contribution in [1.82, 2.24) is 9.55 Å². The molecule has 9 heteroatoms. The van der Waals surface area contributed by atoms with Crippen molar-refractivity contribution in [2.75, 3.05) is 19.1 Å². The Morgan fingerprint density at radius 1 is 1.29 bits per heavy atom. The second-order valence-electron chi connectivity index (χ2n) is 6.74. The number of rotatable bonds is 6. The van der Waals surface area contributed by atoms with E-state index in [0.29, 0.717) is 16.1 Å². The van der Waals surface area contributed by atoms with Gasteiger partial charge in [0.05, 0.1) is 24.8 Å². The number of hydrogen-bond donors (Lipinski definition) is 1. The minimum atomic E-state index is -1.38. The largest absolute Gasteiger partial charge is 0.489 e. The van der Waals surface area contributed by atoms with Crippen LogP contribution in [0.25, 0.3) is 0 Å². The van der Waals surface area contributed by atoms with Crippen molar-refractivity contribution in [3.63, 3.8) is 0 Å². The first kappa shape index (κ1) is 21.9. The van der Waals surface area contributed by atoms with Gasteiger partial charge >= 0.3 is 5.97 Å². The summed E-state index contributed by atoms with van der Waals surface area (Å²) in [6.07, 6.45) is 0. The van der Waals surface area contributed by atoms with Crippen molar-refractivity contribution in [2.45, 2.75) is 6.04 Å². The van der Waals surface area contributed by atoms with Gasteiger partial charge in [-0.15, -0.1) is 0 Å². The van der Waals surface area contributed by atoms with Crippen LogP contribution in [0.4, 0.5) is 5.95 Å². The molecule has 3 rings (SSSR count). The van der Waals surface area contributed by atoms with Gasteiger partial charge in [0, 0.05) is 19.1 Å². The van der Waals surface area contributed by atoms with Gasteiger partial charge in [-0.1, -0.05) is 41.9 Å². The average molecular weight is 439 g/mol. The van der Waals surface area contributed by atoms with Crippen LogP contribution in [0.5, 0.6) is 5.75 Å². The molecule has 8 nitrogen and oxygen atoms in total. The van der Waals surface area contributed by atoms with Gasteiger partial charge in [0.15, 0.2) is 5.69 Å². The van der Waals surface area contributed by atoms with E-state index in [4.69, 9.17) is 16.3 Å². The van der Waals surface area contributed by atoms with Gasteiger partial charge in [0.25, 0.3) is 5.56 Å². The van der Waals surface area contributed by atoms with Gasteiger partial charge in [-0.2, -0.15) is 5.26 Å².